The number of aromatic amines is 1. The maximum absolute atomic E-state index is 14.1. The molecule has 0 saturated carbocycles. The molecule has 2 heterocycles. The van der Waals surface area contributed by atoms with E-state index in [0.717, 1.165) is 17.7 Å². The summed E-state index contributed by atoms with van der Waals surface area (Å²) in [6, 6.07) is 12.0. The first-order valence-electron chi connectivity index (χ1n) is 8.95. The lowest BCUT2D eigenvalue weighted by atomic mass is 10.1. The van der Waals surface area contributed by atoms with E-state index in [4.69, 9.17) is 25.8 Å². The topological polar surface area (TPSA) is 69.3 Å². The van der Waals surface area contributed by atoms with Gasteiger partial charge in [-0.15, -0.1) is 0 Å². The van der Waals surface area contributed by atoms with Crippen LogP contribution in [0.5, 0.6) is 17.4 Å². The monoisotopic (exact) mass is 431 g/mol. The summed E-state index contributed by atoms with van der Waals surface area (Å²) in [4.78, 5) is 4.35. The van der Waals surface area contributed by atoms with Crippen molar-refractivity contribution in [3.8, 4) is 28.6 Å². The predicted molar refractivity (Wildman–Crippen MR) is 108 cm³/mol. The lowest BCUT2D eigenvalue weighted by Gasteiger charge is -2.12. The van der Waals surface area contributed by atoms with Crippen LogP contribution in [0.15, 0.2) is 48.5 Å². The third-order valence-corrected chi connectivity index (χ3v) is 4.60. The zero-order chi connectivity index (χ0) is 21.1. The molecule has 1 N–H and O–H groups in total. The number of hydrogen-bond acceptors (Lipinski definition) is 5. The third-order valence-electron chi connectivity index (χ3n) is 4.27. The molecule has 0 unspecified atom stereocenters. The summed E-state index contributed by atoms with van der Waals surface area (Å²) in [7, 11) is 1.54. The highest BCUT2D eigenvalue weighted by Crippen LogP contribution is 2.38. The van der Waals surface area contributed by atoms with Gasteiger partial charge in [-0.05, 0) is 24.3 Å². The Kier molecular flexibility index (Phi) is 5.78. The van der Waals surface area contributed by atoms with Gasteiger partial charge in [-0.2, -0.15) is 10.1 Å². The molecule has 4 rings (SSSR count). The van der Waals surface area contributed by atoms with Crippen LogP contribution in [0.3, 0.4) is 0 Å². The lowest BCUT2D eigenvalue weighted by molar-refractivity contribution is 0.144. The van der Waals surface area contributed by atoms with Crippen molar-refractivity contribution in [2.45, 2.75) is 0 Å². The van der Waals surface area contributed by atoms with Crippen LogP contribution in [-0.4, -0.2) is 35.5 Å². The minimum Gasteiger partial charge on any atom is -0.486 e. The van der Waals surface area contributed by atoms with Gasteiger partial charge in [0.05, 0.1) is 17.7 Å². The summed E-state index contributed by atoms with van der Waals surface area (Å²) in [5.74, 6) is -1.53. The molecule has 154 valence electrons. The Morgan fingerprint density at radius 3 is 2.63 bits per heavy atom. The fourth-order valence-corrected chi connectivity index (χ4v) is 3.08. The molecular weight excluding hydrogens is 416 g/mol. The van der Waals surface area contributed by atoms with Crippen LogP contribution in [0, 0.1) is 11.6 Å². The van der Waals surface area contributed by atoms with E-state index in [9.17, 15) is 8.78 Å². The van der Waals surface area contributed by atoms with Crippen LogP contribution in [0.1, 0.15) is 0 Å². The van der Waals surface area contributed by atoms with Gasteiger partial charge in [0.15, 0.2) is 23.0 Å². The molecule has 4 aromatic rings. The molecule has 0 radical (unpaired) electrons. The maximum Gasteiger partial charge on any atom is 0.264 e. The molecule has 30 heavy (non-hydrogen) atoms. The Balaban J connectivity index is 1.79. The van der Waals surface area contributed by atoms with Crippen molar-refractivity contribution >= 4 is 22.6 Å². The predicted octanol–water partition coefficient (Wildman–Crippen LogP) is 5.37. The molecule has 0 aliphatic heterocycles. The van der Waals surface area contributed by atoms with E-state index in [-0.39, 0.29) is 24.0 Å². The summed E-state index contributed by atoms with van der Waals surface area (Å²) in [6.45, 7) is 0.538. The van der Waals surface area contributed by atoms with Crippen molar-refractivity contribution in [3.05, 3.63) is 65.2 Å². The summed E-state index contributed by atoms with van der Waals surface area (Å²) in [5, 5.41) is 8.30. The summed E-state index contributed by atoms with van der Waals surface area (Å²) in [6.07, 6.45) is 0. The minimum absolute atomic E-state index is 0.0127. The van der Waals surface area contributed by atoms with Crippen LogP contribution in [0.2, 0.25) is 5.02 Å². The number of methoxy groups -OCH3 is 1. The van der Waals surface area contributed by atoms with Gasteiger partial charge in [-0.25, -0.2) is 8.78 Å². The molecule has 2 aromatic carbocycles. The molecule has 0 amide bonds. The summed E-state index contributed by atoms with van der Waals surface area (Å²) in [5.41, 5.74) is 1.71. The Bertz CT molecular complexity index is 1200. The average molecular weight is 432 g/mol. The van der Waals surface area contributed by atoms with E-state index in [1.807, 2.05) is 18.2 Å². The number of pyridine rings is 1. The van der Waals surface area contributed by atoms with E-state index >= 15 is 0 Å². The molecule has 0 aliphatic carbocycles. The second-order valence-corrected chi connectivity index (χ2v) is 6.67. The fraction of sp³-hybridized carbons (Fsp3) is 0.143. The van der Waals surface area contributed by atoms with E-state index in [2.05, 4.69) is 15.2 Å². The highest BCUT2D eigenvalue weighted by atomic mass is 35.5. The van der Waals surface area contributed by atoms with Crippen LogP contribution in [-0.2, 0) is 4.74 Å². The van der Waals surface area contributed by atoms with Crippen molar-refractivity contribution in [2.24, 2.45) is 0 Å². The van der Waals surface area contributed by atoms with Crippen LogP contribution in [0.4, 0.5) is 8.78 Å². The molecule has 0 atom stereocenters. The van der Waals surface area contributed by atoms with Gasteiger partial charge in [0.2, 0.25) is 0 Å². The van der Waals surface area contributed by atoms with Gasteiger partial charge in [0, 0.05) is 23.8 Å². The van der Waals surface area contributed by atoms with Gasteiger partial charge in [-0.1, -0.05) is 29.8 Å². The van der Waals surface area contributed by atoms with E-state index < -0.39 is 11.6 Å². The van der Waals surface area contributed by atoms with Crippen LogP contribution >= 0.6 is 11.6 Å². The number of nitrogens with one attached hydrogen (secondary N) is 1. The second-order valence-electron chi connectivity index (χ2n) is 6.26. The first-order valence-corrected chi connectivity index (χ1v) is 9.33. The Hall–Kier alpha value is -3.23. The van der Waals surface area contributed by atoms with Gasteiger partial charge >= 0.3 is 0 Å². The average Bonchev–Trinajstić information content (AvgIpc) is 3.13. The van der Waals surface area contributed by atoms with Gasteiger partial charge in [-0.3, -0.25) is 5.10 Å². The standard InChI is InChI=1S/C21H16ClF2N3O3/c1-28-8-9-29-18-11-14-19(13-4-2-3-5-15(13)22)26-27-20(14)25-21(18)30-17-7-6-12(23)10-16(17)24/h2-7,10-11H,8-9H2,1H3,(H,25,26,27). The minimum atomic E-state index is -0.862. The van der Waals surface area contributed by atoms with Crippen molar-refractivity contribution in [2.75, 3.05) is 20.3 Å². The highest BCUT2D eigenvalue weighted by molar-refractivity contribution is 6.33. The molecule has 9 heteroatoms. The van der Waals surface area contributed by atoms with Gasteiger partial charge < -0.3 is 14.2 Å². The number of benzene rings is 2. The SMILES string of the molecule is COCCOc1cc2c(-c3ccccc3Cl)[nH]nc2nc1Oc1ccc(F)cc1F. The van der Waals surface area contributed by atoms with E-state index in [0.29, 0.717) is 28.4 Å². The molecular formula is C21H16ClF2N3O3. The van der Waals surface area contributed by atoms with Gasteiger partial charge in [0.1, 0.15) is 12.4 Å². The first kappa shape index (κ1) is 20.1. The highest BCUT2D eigenvalue weighted by Gasteiger charge is 2.19. The first-order chi connectivity index (χ1) is 14.6. The second kappa shape index (κ2) is 8.64. The fourth-order valence-electron chi connectivity index (χ4n) is 2.85. The molecule has 2 aromatic heterocycles. The number of fused-ring (bicyclic) bond motifs is 1. The third kappa shape index (κ3) is 4.05. The van der Waals surface area contributed by atoms with Crippen LogP contribution < -0.4 is 9.47 Å². The Morgan fingerprint density at radius 2 is 1.87 bits per heavy atom. The molecule has 0 bridgehead atoms. The van der Waals surface area contributed by atoms with Gasteiger partial charge in [0.25, 0.3) is 5.88 Å². The zero-order valence-electron chi connectivity index (χ0n) is 15.8. The summed E-state index contributed by atoms with van der Waals surface area (Å²) < 4.78 is 43.6. The smallest absolute Gasteiger partial charge is 0.264 e. The van der Waals surface area contributed by atoms with Crippen molar-refractivity contribution in [1.82, 2.24) is 15.2 Å². The summed E-state index contributed by atoms with van der Waals surface area (Å²) >= 11 is 6.31. The number of nitrogens with zero attached hydrogens (tertiary/aromatic N) is 2. The Labute approximate surface area is 175 Å². The normalized spacial score (nSPS) is 11.1. The van der Waals surface area contributed by atoms with E-state index in [1.54, 1.807) is 19.2 Å². The number of rotatable bonds is 7. The van der Waals surface area contributed by atoms with Crippen molar-refractivity contribution < 1.29 is 23.0 Å². The largest absolute Gasteiger partial charge is 0.486 e. The molecule has 0 aliphatic rings. The number of aromatic nitrogens is 3. The zero-order valence-corrected chi connectivity index (χ0v) is 16.5. The number of ether oxygens (including phenoxy) is 3. The number of halogens is 3. The lowest BCUT2D eigenvalue weighted by Crippen LogP contribution is -2.06. The van der Waals surface area contributed by atoms with Crippen molar-refractivity contribution in [3.63, 3.8) is 0 Å². The molecule has 0 fully saturated rings. The molecule has 0 spiro atoms. The maximum atomic E-state index is 14.1. The number of H-pyrrole nitrogens is 1. The van der Waals surface area contributed by atoms with E-state index in [1.165, 1.54) is 6.07 Å². The number of hydrogen-bond donors (Lipinski definition) is 1. The molecule has 0 saturated heterocycles. The molecule has 6 nitrogen and oxygen atoms in total. The van der Waals surface area contributed by atoms with Crippen LogP contribution in [0.25, 0.3) is 22.3 Å². The Morgan fingerprint density at radius 1 is 1.03 bits per heavy atom. The van der Waals surface area contributed by atoms with Crippen molar-refractivity contribution in [1.29, 1.82) is 0 Å². The quantitative estimate of drug-likeness (QED) is 0.398.